The van der Waals surface area contributed by atoms with Crippen molar-refractivity contribution in [2.24, 2.45) is 0 Å². The summed E-state index contributed by atoms with van der Waals surface area (Å²) in [6, 6.07) is 14.0. The molecule has 0 bridgehead atoms. The number of nitrogens with one attached hydrogen (secondary N) is 1. The largest absolute Gasteiger partial charge is 0.320 e. The summed E-state index contributed by atoms with van der Waals surface area (Å²) < 4.78 is 1.42. The Bertz CT molecular complexity index is 1220. The van der Waals surface area contributed by atoms with Gasteiger partial charge in [-0.3, -0.25) is 9.59 Å². The lowest BCUT2D eigenvalue weighted by atomic mass is 10.2. The standard InChI is InChI=1S/C18H10Cl2N4O2S/c19-11-7-4-8-12(14(11)20)21-16(25)13-9-24-18(27-13)22-17(26)15(23-24)10-5-2-1-3-6-10/h1-9H,(H,21,25). The predicted molar refractivity (Wildman–Crippen MR) is 107 cm³/mol. The van der Waals surface area contributed by atoms with Crippen molar-refractivity contribution in [2.75, 3.05) is 5.32 Å². The molecule has 0 aliphatic heterocycles. The molecule has 1 N–H and O–H groups in total. The van der Waals surface area contributed by atoms with Crippen molar-refractivity contribution in [1.82, 2.24) is 14.6 Å². The van der Waals surface area contributed by atoms with E-state index in [1.807, 2.05) is 18.2 Å². The smallest absolute Gasteiger partial charge is 0.300 e. The molecule has 0 saturated carbocycles. The molecule has 0 atom stereocenters. The number of carbonyl (C=O) groups is 1. The van der Waals surface area contributed by atoms with Gasteiger partial charge in [-0.2, -0.15) is 10.1 Å². The normalized spacial score (nSPS) is 10.9. The molecule has 0 aliphatic carbocycles. The molecule has 27 heavy (non-hydrogen) atoms. The molecule has 4 rings (SSSR count). The van der Waals surface area contributed by atoms with Gasteiger partial charge in [-0.25, -0.2) is 4.52 Å². The van der Waals surface area contributed by atoms with Gasteiger partial charge in [-0.05, 0) is 12.1 Å². The van der Waals surface area contributed by atoms with Gasteiger partial charge >= 0.3 is 5.56 Å². The summed E-state index contributed by atoms with van der Waals surface area (Å²) in [7, 11) is 0. The molecule has 0 fully saturated rings. The first-order chi connectivity index (χ1) is 13.0. The zero-order chi connectivity index (χ0) is 19.0. The number of rotatable bonds is 3. The van der Waals surface area contributed by atoms with E-state index < -0.39 is 11.5 Å². The highest BCUT2D eigenvalue weighted by Crippen LogP contribution is 2.30. The van der Waals surface area contributed by atoms with Crippen LogP contribution in [0.5, 0.6) is 0 Å². The Morgan fingerprint density at radius 1 is 1.07 bits per heavy atom. The summed E-state index contributed by atoms with van der Waals surface area (Å²) in [5.41, 5.74) is 0.822. The van der Waals surface area contributed by atoms with Gasteiger partial charge in [0.2, 0.25) is 4.96 Å². The number of nitrogens with zero attached hydrogens (tertiary/aromatic N) is 3. The maximum Gasteiger partial charge on any atom is 0.300 e. The van der Waals surface area contributed by atoms with Crippen molar-refractivity contribution < 1.29 is 4.79 Å². The minimum atomic E-state index is -0.451. The number of halogens is 2. The molecule has 0 spiro atoms. The van der Waals surface area contributed by atoms with Gasteiger partial charge < -0.3 is 5.32 Å². The number of aromatic nitrogens is 3. The van der Waals surface area contributed by atoms with Crippen LogP contribution < -0.4 is 10.9 Å². The minimum absolute atomic E-state index is 0.218. The summed E-state index contributed by atoms with van der Waals surface area (Å²) in [6.45, 7) is 0. The molecule has 0 aliphatic rings. The van der Waals surface area contributed by atoms with Gasteiger partial charge in [0.05, 0.1) is 21.9 Å². The maximum atomic E-state index is 12.5. The highest BCUT2D eigenvalue weighted by atomic mass is 35.5. The summed E-state index contributed by atoms with van der Waals surface area (Å²) in [6.07, 6.45) is 1.52. The summed E-state index contributed by atoms with van der Waals surface area (Å²) >= 11 is 13.1. The average molecular weight is 417 g/mol. The summed E-state index contributed by atoms with van der Waals surface area (Å²) in [4.78, 5) is 29.5. The fraction of sp³-hybridized carbons (Fsp3) is 0. The fourth-order valence-electron chi connectivity index (χ4n) is 2.44. The molecule has 2 aromatic heterocycles. The number of hydrogen-bond acceptors (Lipinski definition) is 5. The molecule has 0 radical (unpaired) electrons. The number of hydrogen-bond donors (Lipinski definition) is 1. The van der Waals surface area contributed by atoms with E-state index >= 15 is 0 Å². The second kappa shape index (κ2) is 7.11. The number of fused-ring (bicyclic) bond motifs is 1. The second-order valence-corrected chi connectivity index (χ2v) is 7.30. The SMILES string of the molecule is O=C(Nc1cccc(Cl)c1Cl)c1cn2nc(-c3ccccc3)c(=O)nc2s1. The first-order valence-corrected chi connectivity index (χ1v) is 9.31. The van der Waals surface area contributed by atoms with E-state index in [1.54, 1.807) is 30.3 Å². The third-order valence-electron chi connectivity index (χ3n) is 3.72. The van der Waals surface area contributed by atoms with E-state index in [0.29, 0.717) is 26.1 Å². The van der Waals surface area contributed by atoms with Gasteiger partial charge in [0.15, 0.2) is 5.69 Å². The summed E-state index contributed by atoms with van der Waals surface area (Å²) in [5.74, 6) is -0.398. The van der Waals surface area contributed by atoms with Crippen LogP contribution in [0.1, 0.15) is 9.67 Å². The third-order valence-corrected chi connectivity index (χ3v) is 5.51. The topological polar surface area (TPSA) is 76.4 Å². The molecule has 6 nitrogen and oxygen atoms in total. The minimum Gasteiger partial charge on any atom is -0.320 e. The number of benzene rings is 2. The molecule has 2 aromatic carbocycles. The molecule has 134 valence electrons. The molecular weight excluding hydrogens is 407 g/mol. The van der Waals surface area contributed by atoms with Gasteiger partial charge in [0, 0.05) is 5.56 Å². The lowest BCUT2D eigenvalue weighted by Crippen LogP contribution is -2.14. The van der Waals surface area contributed by atoms with Crippen LogP contribution in [0, 0.1) is 0 Å². The quantitative estimate of drug-likeness (QED) is 0.537. The molecule has 0 saturated heterocycles. The maximum absolute atomic E-state index is 12.5. The Kier molecular flexibility index (Phi) is 4.65. The lowest BCUT2D eigenvalue weighted by Gasteiger charge is -2.06. The number of amides is 1. The zero-order valence-electron chi connectivity index (χ0n) is 13.5. The highest BCUT2D eigenvalue weighted by molar-refractivity contribution is 7.18. The Balaban J connectivity index is 1.70. The molecule has 9 heteroatoms. The van der Waals surface area contributed by atoms with Crippen molar-refractivity contribution in [2.45, 2.75) is 0 Å². The lowest BCUT2D eigenvalue weighted by molar-refractivity contribution is 0.103. The van der Waals surface area contributed by atoms with E-state index in [9.17, 15) is 9.59 Å². The van der Waals surface area contributed by atoms with Crippen LogP contribution in [0.2, 0.25) is 10.0 Å². The van der Waals surface area contributed by atoms with Gasteiger partial charge in [0.25, 0.3) is 5.91 Å². The molecule has 0 unspecified atom stereocenters. The van der Waals surface area contributed by atoms with Crippen LogP contribution in [-0.2, 0) is 0 Å². The van der Waals surface area contributed by atoms with Crippen molar-refractivity contribution >= 4 is 51.1 Å². The Labute approximate surface area is 167 Å². The van der Waals surface area contributed by atoms with Crippen molar-refractivity contribution in [3.63, 3.8) is 0 Å². The molecular formula is C18H10Cl2N4O2S. The van der Waals surface area contributed by atoms with E-state index in [0.717, 1.165) is 11.3 Å². The Morgan fingerprint density at radius 2 is 1.85 bits per heavy atom. The van der Waals surface area contributed by atoms with Gasteiger partial charge in [-0.1, -0.05) is 70.9 Å². The van der Waals surface area contributed by atoms with E-state index in [-0.39, 0.29) is 10.7 Å². The number of thiazole rings is 1. The highest BCUT2D eigenvalue weighted by Gasteiger charge is 2.16. The van der Waals surface area contributed by atoms with Crippen LogP contribution >= 0.6 is 34.5 Å². The zero-order valence-corrected chi connectivity index (χ0v) is 15.8. The van der Waals surface area contributed by atoms with Crippen LogP contribution in [-0.4, -0.2) is 20.5 Å². The van der Waals surface area contributed by atoms with Crippen LogP contribution in [0.15, 0.2) is 59.5 Å². The van der Waals surface area contributed by atoms with Crippen molar-refractivity contribution in [3.8, 4) is 11.3 Å². The van der Waals surface area contributed by atoms with Gasteiger partial charge in [-0.15, -0.1) is 0 Å². The van der Waals surface area contributed by atoms with E-state index in [4.69, 9.17) is 23.2 Å². The van der Waals surface area contributed by atoms with Crippen molar-refractivity contribution in [3.05, 3.63) is 80.0 Å². The average Bonchev–Trinajstić information content (AvgIpc) is 3.08. The van der Waals surface area contributed by atoms with Crippen LogP contribution in [0.4, 0.5) is 5.69 Å². The first kappa shape index (κ1) is 17.7. The first-order valence-electron chi connectivity index (χ1n) is 7.74. The molecule has 1 amide bonds. The van der Waals surface area contributed by atoms with Gasteiger partial charge in [0.1, 0.15) is 4.88 Å². The fourth-order valence-corrected chi connectivity index (χ4v) is 3.60. The van der Waals surface area contributed by atoms with Crippen LogP contribution in [0.25, 0.3) is 16.2 Å². The van der Waals surface area contributed by atoms with E-state index in [2.05, 4.69) is 15.4 Å². The van der Waals surface area contributed by atoms with Crippen LogP contribution in [0.3, 0.4) is 0 Å². The number of carbonyl (C=O) groups excluding carboxylic acids is 1. The Morgan fingerprint density at radius 3 is 2.63 bits per heavy atom. The molecule has 2 heterocycles. The monoisotopic (exact) mass is 416 g/mol. The Hall–Kier alpha value is -2.74. The second-order valence-electron chi connectivity index (χ2n) is 5.51. The van der Waals surface area contributed by atoms with E-state index in [1.165, 1.54) is 10.7 Å². The molecule has 4 aromatic rings. The summed E-state index contributed by atoms with van der Waals surface area (Å²) in [5, 5.41) is 7.60. The third kappa shape index (κ3) is 3.44. The number of anilines is 1. The van der Waals surface area contributed by atoms with Crippen molar-refractivity contribution in [1.29, 1.82) is 0 Å². The predicted octanol–water partition coefficient (Wildman–Crippen LogP) is 4.38.